The Kier molecular flexibility index (Phi) is 4.09. The molecule has 4 saturated carbocycles. The van der Waals surface area contributed by atoms with E-state index in [-0.39, 0.29) is 12.4 Å². The van der Waals surface area contributed by atoms with Crippen LogP contribution in [0.1, 0.15) is 51.4 Å². The Morgan fingerprint density at radius 1 is 0.941 bits per heavy atom. The number of halogens is 1. The maximum absolute atomic E-state index is 2.35. The molecule has 4 bridgehead atoms. The lowest BCUT2D eigenvalue weighted by atomic mass is 9.48. The summed E-state index contributed by atoms with van der Waals surface area (Å²) in [5.74, 6) is 3.39. The van der Waals surface area contributed by atoms with Gasteiger partial charge in [-0.1, -0.05) is 0 Å². The molecular formula is C15H28ClN. The minimum atomic E-state index is 0. The highest BCUT2D eigenvalue weighted by Gasteiger charge is 2.50. The van der Waals surface area contributed by atoms with Crippen LogP contribution in [0.3, 0.4) is 0 Å². The number of hydrogen-bond donors (Lipinski definition) is 0. The summed E-state index contributed by atoms with van der Waals surface area (Å²) in [6, 6.07) is 0. The molecule has 17 heavy (non-hydrogen) atoms. The zero-order valence-electron chi connectivity index (χ0n) is 11.5. The molecule has 2 heteroatoms. The molecule has 0 N–H and O–H groups in total. The molecule has 0 amide bonds. The van der Waals surface area contributed by atoms with Crippen molar-refractivity contribution in [1.29, 1.82) is 0 Å². The average Bonchev–Trinajstić information content (AvgIpc) is 2.13. The predicted octanol–water partition coefficient (Wildman–Crippen LogP) is 3.97. The first kappa shape index (κ1) is 13.7. The van der Waals surface area contributed by atoms with Gasteiger partial charge in [0.2, 0.25) is 0 Å². The molecule has 0 unspecified atom stereocenters. The summed E-state index contributed by atoms with van der Waals surface area (Å²) in [7, 11) is 4.42. The van der Waals surface area contributed by atoms with Crippen molar-refractivity contribution in [2.75, 3.05) is 20.6 Å². The van der Waals surface area contributed by atoms with Crippen LogP contribution < -0.4 is 0 Å². The minimum absolute atomic E-state index is 0. The van der Waals surface area contributed by atoms with E-state index in [0.29, 0.717) is 0 Å². The molecular weight excluding hydrogens is 230 g/mol. The number of nitrogens with zero attached hydrogens (tertiary/aromatic N) is 1. The van der Waals surface area contributed by atoms with Gasteiger partial charge in [0.05, 0.1) is 0 Å². The summed E-state index contributed by atoms with van der Waals surface area (Å²) in [5.41, 5.74) is 0.810. The van der Waals surface area contributed by atoms with Crippen molar-refractivity contribution in [3.05, 3.63) is 0 Å². The lowest BCUT2D eigenvalue weighted by Gasteiger charge is -2.57. The van der Waals surface area contributed by atoms with E-state index in [4.69, 9.17) is 0 Å². The van der Waals surface area contributed by atoms with Crippen molar-refractivity contribution in [2.45, 2.75) is 51.4 Å². The second kappa shape index (κ2) is 5.09. The maximum atomic E-state index is 2.35. The van der Waals surface area contributed by atoms with Crippen LogP contribution in [0.2, 0.25) is 0 Å². The van der Waals surface area contributed by atoms with Crippen LogP contribution in [0.15, 0.2) is 0 Å². The summed E-state index contributed by atoms with van der Waals surface area (Å²) < 4.78 is 0. The molecule has 0 aromatic carbocycles. The second-order valence-corrected chi connectivity index (χ2v) is 7.32. The first-order chi connectivity index (χ1) is 7.65. The van der Waals surface area contributed by atoms with Crippen molar-refractivity contribution in [3.8, 4) is 0 Å². The third-order valence-electron chi connectivity index (χ3n) is 5.48. The van der Waals surface area contributed by atoms with E-state index in [1.165, 1.54) is 19.4 Å². The topological polar surface area (TPSA) is 3.24 Å². The van der Waals surface area contributed by atoms with Gasteiger partial charge in [0, 0.05) is 0 Å². The highest BCUT2D eigenvalue weighted by atomic mass is 35.5. The minimum Gasteiger partial charge on any atom is -0.309 e. The van der Waals surface area contributed by atoms with Gasteiger partial charge in [-0.2, -0.15) is 0 Å². The molecule has 100 valence electrons. The monoisotopic (exact) mass is 257 g/mol. The van der Waals surface area contributed by atoms with Crippen molar-refractivity contribution in [3.63, 3.8) is 0 Å². The zero-order valence-corrected chi connectivity index (χ0v) is 12.3. The van der Waals surface area contributed by atoms with Gasteiger partial charge in [-0.3, -0.25) is 0 Å². The lowest BCUT2D eigenvalue weighted by Crippen LogP contribution is -2.46. The van der Waals surface area contributed by atoms with E-state index in [1.807, 2.05) is 0 Å². The van der Waals surface area contributed by atoms with Crippen molar-refractivity contribution >= 4 is 12.4 Å². The SMILES string of the molecule is CN(C)CCCC12CC3CC(CC(C3)C1)C2.Cl. The highest BCUT2D eigenvalue weighted by molar-refractivity contribution is 5.85. The van der Waals surface area contributed by atoms with E-state index in [1.54, 1.807) is 38.5 Å². The third kappa shape index (κ3) is 2.81. The average molecular weight is 258 g/mol. The molecule has 0 radical (unpaired) electrons. The van der Waals surface area contributed by atoms with Gasteiger partial charge in [-0.15, -0.1) is 12.4 Å². The van der Waals surface area contributed by atoms with Crippen LogP contribution in [-0.2, 0) is 0 Å². The van der Waals surface area contributed by atoms with Crippen LogP contribution in [-0.4, -0.2) is 25.5 Å². The molecule has 0 aromatic heterocycles. The Hall–Kier alpha value is 0.250. The van der Waals surface area contributed by atoms with Crippen LogP contribution in [0, 0.1) is 23.2 Å². The lowest BCUT2D eigenvalue weighted by molar-refractivity contribution is -0.0586. The van der Waals surface area contributed by atoms with Gasteiger partial charge in [0.25, 0.3) is 0 Å². The molecule has 4 aliphatic carbocycles. The fourth-order valence-electron chi connectivity index (χ4n) is 5.37. The normalized spacial score (nSPS) is 42.9. The highest BCUT2D eigenvalue weighted by Crippen LogP contribution is 2.61. The largest absolute Gasteiger partial charge is 0.309 e. The molecule has 4 fully saturated rings. The van der Waals surface area contributed by atoms with Gasteiger partial charge < -0.3 is 4.90 Å². The molecule has 1 nitrogen and oxygen atoms in total. The van der Waals surface area contributed by atoms with Crippen molar-refractivity contribution in [1.82, 2.24) is 4.90 Å². The van der Waals surface area contributed by atoms with Crippen LogP contribution in [0.25, 0.3) is 0 Å². The van der Waals surface area contributed by atoms with Gasteiger partial charge in [0.1, 0.15) is 0 Å². The number of rotatable bonds is 4. The fraction of sp³-hybridized carbons (Fsp3) is 1.00. The second-order valence-electron chi connectivity index (χ2n) is 7.32. The van der Waals surface area contributed by atoms with Crippen LogP contribution in [0.4, 0.5) is 0 Å². The van der Waals surface area contributed by atoms with Gasteiger partial charge in [-0.05, 0) is 95.2 Å². The van der Waals surface area contributed by atoms with Gasteiger partial charge in [-0.25, -0.2) is 0 Å². The van der Waals surface area contributed by atoms with E-state index in [2.05, 4.69) is 19.0 Å². The van der Waals surface area contributed by atoms with Gasteiger partial charge >= 0.3 is 0 Å². The van der Waals surface area contributed by atoms with Crippen LogP contribution in [0.5, 0.6) is 0 Å². The maximum Gasteiger partial charge on any atom is -0.00246 e. The van der Waals surface area contributed by atoms with E-state index >= 15 is 0 Å². The molecule has 0 saturated heterocycles. The standard InChI is InChI=1S/C15H27N.ClH/c1-16(2)5-3-4-15-9-12-6-13(10-15)8-14(7-12)11-15;/h12-14H,3-11H2,1-2H3;1H. The van der Waals surface area contributed by atoms with E-state index in [9.17, 15) is 0 Å². The first-order valence-corrected chi connectivity index (χ1v) is 7.30. The van der Waals surface area contributed by atoms with E-state index < -0.39 is 0 Å². The quantitative estimate of drug-likeness (QED) is 0.737. The molecule has 4 aliphatic rings. The molecule has 0 spiro atoms. The third-order valence-corrected chi connectivity index (χ3v) is 5.48. The van der Waals surface area contributed by atoms with Crippen LogP contribution >= 0.6 is 12.4 Å². The zero-order chi connectivity index (χ0) is 11.2. The summed E-state index contributed by atoms with van der Waals surface area (Å²) >= 11 is 0. The van der Waals surface area contributed by atoms with Crippen molar-refractivity contribution < 1.29 is 0 Å². The first-order valence-electron chi connectivity index (χ1n) is 7.30. The summed E-state index contributed by atoms with van der Waals surface area (Å²) in [4.78, 5) is 2.35. The Morgan fingerprint density at radius 3 is 1.82 bits per heavy atom. The number of hydrogen-bond acceptors (Lipinski definition) is 1. The summed E-state index contributed by atoms with van der Waals surface area (Å²) in [5, 5.41) is 0. The molecule has 0 aliphatic heterocycles. The Bertz CT molecular complexity index is 226. The molecule has 0 heterocycles. The molecule has 0 aromatic rings. The summed E-state index contributed by atoms with van der Waals surface area (Å²) in [6.45, 7) is 1.29. The predicted molar refractivity (Wildman–Crippen MR) is 75.6 cm³/mol. The summed E-state index contributed by atoms with van der Waals surface area (Å²) in [6.07, 6.45) is 12.5. The fourth-order valence-corrected chi connectivity index (χ4v) is 5.37. The smallest absolute Gasteiger partial charge is 0.00246 e. The molecule has 0 atom stereocenters. The Balaban J connectivity index is 0.00000108. The van der Waals surface area contributed by atoms with Gasteiger partial charge in [0.15, 0.2) is 0 Å². The Morgan fingerprint density at radius 2 is 1.41 bits per heavy atom. The van der Waals surface area contributed by atoms with Crippen molar-refractivity contribution in [2.24, 2.45) is 23.2 Å². The molecule has 4 rings (SSSR count). The Labute approximate surface area is 113 Å². The van der Waals surface area contributed by atoms with E-state index in [0.717, 1.165) is 23.2 Å².